The number of carbonyl (C=O) groups is 1. The smallest absolute Gasteiger partial charge is 0.234 e. The minimum atomic E-state index is -0.240. The third-order valence-electron chi connectivity index (χ3n) is 4.85. The van der Waals surface area contributed by atoms with Crippen molar-refractivity contribution in [2.45, 2.75) is 31.7 Å². The largest absolute Gasteiger partial charge is 0.497 e. The summed E-state index contributed by atoms with van der Waals surface area (Å²) in [6.45, 7) is 3.70. The third kappa shape index (κ3) is 2.68. The Labute approximate surface area is 130 Å². The molecule has 1 unspecified atom stereocenters. The van der Waals surface area contributed by atoms with Crippen LogP contribution in [0.4, 0.5) is 0 Å². The number of aromatic nitrogens is 1. The normalized spacial score (nSPS) is 18.5. The molecule has 3 rings (SSSR count). The van der Waals surface area contributed by atoms with Gasteiger partial charge < -0.3 is 15.5 Å². The van der Waals surface area contributed by atoms with Gasteiger partial charge in [-0.2, -0.15) is 0 Å². The fourth-order valence-electron chi connectivity index (χ4n) is 3.36. The summed E-state index contributed by atoms with van der Waals surface area (Å²) < 4.78 is 5.34. The molecule has 0 radical (unpaired) electrons. The number of nitrogens with two attached hydrogens (primary N) is 1. The number of piperidine rings is 1. The maximum atomic E-state index is 11.3. The van der Waals surface area contributed by atoms with Crippen molar-refractivity contribution in [3.63, 3.8) is 0 Å². The van der Waals surface area contributed by atoms with Crippen LogP contribution in [-0.2, 0) is 4.79 Å². The molecule has 1 aliphatic heterocycles. The van der Waals surface area contributed by atoms with Gasteiger partial charge in [-0.1, -0.05) is 0 Å². The Hall–Kier alpha value is -2.01. The van der Waals surface area contributed by atoms with Gasteiger partial charge in [0, 0.05) is 17.1 Å². The van der Waals surface area contributed by atoms with Gasteiger partial charge in [0.05, 0.1) is 13.2 Å². The first kappa shape index (κ1) is 14.9. The second kappa shape index (κ2) is 6.01. The van der Waals surface area contributed by atoms with Crippen LogP contribution in [0.15, 0.2) is 24.4 Å². The lowest BCUT2D eigenvalue weighted by atomic mass is 9.88. The maximum absolute atomic E-state index is 11.3. The summed E-state index contributed by atoms with van der Waals surface area (Å²) in [5, 5.41) is 1.24. The number of benzene rings is 1. The number of rotatable bonds is 4. The summed E-state index contributed by atoms with van der Waals surface area (Å²) in [6.07, 6.45) is 4.20. The summed E-state index contributed by atoms with van der Waals surface area (Å²) >= 11 is 0. The number of hydrogen-bond donors (Lipinski definition) is 2. The van der Waals surface area contributed by atoms with E-state index < -0.39 is 0 Å². The van der Waals surface area contributed by atoms with Crippen LogP contribution in [0.3, 0.4) is 0 Å². The zero-order valence-corrected chi connectivity index (χ0v) is 13.1. The van der Waals surface area contributed by atoms with Crippen molar-refractivity contribution in [1.82, 2.24) is 9.88 Å². The van der Waals surface area contributed by atoms with E-state index in [-0.39, 0.29) is 11.9 Å². The second-order valence-corrected chi connectivity index (χ2v) is 6.04. The number of primary amides is 1. The minimum absolute atomic E-state index is 0.177. The van der Waals surface area contributed by atoms with Crippen LogP contribution in [0.25, 0.3) is 10.9 Å². The summed E-state index contributed by atoms with van der Waals surface area (Å²) in [6, 6.07) is 5.95. The van der Waals surface area contributed by atoms with Crippen LogP contribution in [-0.4, -0.2) is 42.0 Å². The molecule has 1 aromatic heterocycles. The molecule has 5 heteroatoms. The standard InChI is InChI=1S/C17H23N3O2/c1-11(17(18)21)20-7-5-12(6-8-20)15-10-19-16-4-3-13(22-2)9-14(15)16/h3-4,9-12,19H,5-8H2,1-2H3,(H2,18,21). The zero-order valence-electron chi connectivity index (χ0n) is 13.1. The van der Waals surface area contributed by atoms with Gasteiger partial charge in [0.1, 0.15) is 5.75 Å². The number of fused-ring (bicyclic) bond motifs is 1. The van der Waals surface area contributed by atoms with Crippen molar-refractivity contribution in [3.05, 3.63) is 30.0 Å². The van der Waals surface area contributed by atoms with E-state index in [2.05, 4.69) is 28.2 Å². The Morgan fingerprint density at radius 2 is 2.14 bits per heavy atom. The molecule has 0 bridgehead atoms. The predicted molar refractivity (Wildman–Crippen MR) is 87.1 cm³/mol. The molecule has 1 fully saturated rings. The van der Waals surface area contributed by atoms with Crippen LogP contribution < -0.4 is 10.5 Å². The first-order valence-corrected chi connectivity index (χ1v) is 7.78. The van der Waals surface area contributed by atoms with Gasteiger partial charge in [-0.25, -0.2) is 0 Å². The molecule has 0 saturated carbocycles. The minimum Gasteiger partial charge on any atom is -0.497 e. The average Bonchev–Trinajstić information content (AvgIpc) is 2.97. The highest BCUT2D eigenvalue weighted by atomic mass is 16.5. The third-order valence-corrected chi connectivity index (χ3v) is 4.85. The number of H-pyrrole nitrogens is 1. The molecule has 5 nitrogen and oxygen atoms in total. The topological polar surface area (TPSA) is 71.3 Å². The molecule has 1 atom stereocenters. The number of nitrogens with zero attached hydrogens (tertiary/aromatic N) is 1. The Morgan fingerprint density at radius 1 is 1.41 bits per heavy atom. The lowest BCUT2D eigenvalue weighted by molar-refractivity contribution is -0.123. The molecule has 118 valence electrons. The number of nitrogens with one attached hydrogen (secondary N) is 1. The molecule has 1 aromatic carbocycles. The molecule has 22 heavy (non-hydrogen) atoms. The molecule has 1 aliphatic rings. The number of carbonyl (C=O) groups excluding carboxylic acids is 1. The van der Waals surface area contributed by atoms with Crippen molar-refractivity contribution in [2.24, 2.45) is 5.73 Å². The van der Waals surface area contributed by atoms with Gasteiger partial charge in [-0.3, -0.25) is 9.69 Å². The van der Waals surface area contributed by atoms with Crippen LogP contribution in [0.5, 0.6) is 5.75 Å². The summed E-state index contributed by atoms with van der Waals surface area (Å²) in [7, 11) is 1.69. The molecular weight excluding hydrogens is 278 g/mol. The van der Waals surface area contributed by atoms with Crippen LogP contribution in [0.2, 0.25) is 0 Å². The number of hydrogen-bond acceptors (Lipinski definition) is 3. The molecular formula is C17H23N3O2. The fourth-order valence-corrected chi connectivity index (χ4v) is 3.36. The van der Waals surface area contributed by atoms with Gasteiger partial charge in [-0.15, -0.1) is 0 Å². The summed E-state index contributed by atoms with van der Waals surface area (Å²) in [5.74, 6) is 1.15. The highest BCUT2D eigenvalue weighted by Gasteiger charge is 2.27. The Balaban J connectivity index is 1.77. The molecule has 0 spiro atoms. The van der Waals surface area contributed by atoms with Crippen LogP contribution in [0.1, 0.15) is 31.2 Å². The van der Waals surface area contributed by atoms with Crippen molar-refractivity contribution < 1.29 is 9.53 Å². The highest BCUT2D eigenvalue weighted by molar-refractivity contribution is 5.85. The average molecular weight is 301 g/mol. The monoisotopic (exact) mass is 301 g/mol. The van der Waals surface area contributed by atoms with Crippen LogP contribution >= 0.6 is 0 Å². The van der Waals surface area contributed by atoms with Gasteiger partial charge >= 0.3 is 0 Å². The van der Waals surface area contributed by atoms with Crippen molar-refractivity contribution >= 4 is 16.8 Å². The highest BCUT2D eigenvalue weighted by Crippen LogP contribution is 2.35. The number of likely N-dealkylation sites (tertiary alicyclic amines) is 1. The number of methoxy groups -OCH3 is 1. The van der Waals surface area contributed by atoms with E-state index in [1.54, 1.807) is 7.11 Å². The first-order valence-electron chi connectivity index (χ1n) is 7.78. The molecule has 1 saturated heterocycles. The van der Waals surface area contributed by atoms with E-state index in [1.807, 2.05) is 13.0 Å². The predicted octanol–water partition coefficient (Wildman–Crippen LogP) is 2.23. The van der Waals surface area contributed by atoms with Gasteiger partial charge in [0.25, 0.3) is 0 Å². The van der Waals surface area contributed by atoms with Crippen LogP contribution in [0, 0.1) is 0 Å². The Kier molecular flexibility index (Phi) is 4.07. The maximum Gasteiger partial charge on any atom is 0.234 e. The van der Waals surface area contributed by atoms with Crippen molar-refractivity contribution in [2.75, 3.05) is 20.2 Å². The van der Waals surface area contributed by atoms with E-state index in [0.717, 1.165) is 37.2 Å². The second-order valence-electron chi connectivity index (χ2n) is 6.04. The molecule has 2 aromatic rings. The lowest BCUT2D eigenvalue weighted by Gasteiger charge is -2.34. The van der Waals surface area contributed by atoms with Crippen molar-refractivity contribution in [1.29, 1.82) is 0 Å². The summed E-state index contributed by atoms with van der Waals surface area (Å²) in [5.41, 5.74) is 7.89. The van der Waals surface area contributed by atoms with E-state index >= 15 is 0 Å². The first-order chi connectivity index (χ1) is 10.6. The quantitative estimate of drug-likeness (QED) is 0.909. The Morgan fingerprint density at radius 3 is 2.77 bits per heavy atom. The lowest BCUT2D eigenvalue weighted by Crippen LogP contribution is -2.46. The SMILES string of the molecule is COc1ccc2[nH]cc(C3CCN(C(C)C(N)=O)CC3)c2c1. The van der Waals surface area contributed by atoms with Gasteiger partial charge in [-0.05, 0) is 62.5 Å². The number of ether oxygens (including phenoxy) is 1. The molecule has 2 heterocycles. The molecule has 3 N–H and O–H groups in total. The van der Waals surface area contributed by atoms with Crippen molar-refractivity contribution in [3.8, 4) is 5.75 Å². The summed E-state index contributed by atoms with van der Waals surface area (Å²) in [4.78, 5) is 16.8. The van der Waals surface area contributed by atoms with E-state index in [0.29, 0.717) is 5.92 Å². The molecule has 0 aliphatic carbocycles. The van der Waals surface area contributed by atoms with E-state index in [9.17, 15) is 4.79 Å². The van der Waals surface area contributed by atoms with Gasteiger partial charge in [0.15, 0.2) is 0 Å². The number of amides is 1. The van der Waals surface area contributed by atoms with Gasteiger partial charge in [0.2, 0.25) is 5.91 Å². The zero-order chi connectivity index (χ0) is 15.7. The fraction of sp³-hybridized carbons (Fsp3) is 0.471. The Bertz CT molecular complexity index is 672. The molecule has 1 amide bonds. The van der Waals surface area contributed by atoms with E-state index in [4.69, 9.17) is 10.5 Å². The number of aromatic amines is 1. The van der Waals surface area contributed by atoms with E-state index in [1.165, 1.54) is 10.9 Å².